The van der Waals surface area contributed by atoms with E-state index in [1.807, 2.05) is 60.1 Å². The van der Waals surface area contributed by atoms with Gasteiger partial charge in [0.05, 0.1) is 6.61 Å². The third-order valence-corrected chi connectivity index (χ3v) is 6.93. The summed E-state index contributed by atoms with van der Waals surface area (Å²) < 4.78 is 7.74. The number of hydrogen-bond acceptors (Lipinski definition) is 6. The lowest BCUT2D eigenvalue weighted by Crippen LogP contribution is -2.31. The van der Waals surface area contributed by atoms with Gasteiger partial charge in [0, 0.05) is 34.0 Å². The van der Waals surface area contributed by atoms with E-state index in [-0.39, 0.29) is 11.8 Å². The van der Waals surface area contributed by atoms with Crippen LogP contribution in [-0.4, -0.2) is 27.2 Å². The molecule has 1 aliphatic heterocycles. The van der Waals surface area contributed by atoms with Crippen LogP contribution in [0.4, 0.5) is 5.95 Å². The number of hydrogen-bond donors (Lipinski definition) is 1. The summed E-state index contributed by atoms with van der Waals surface area (Å²) in [5.74, 6) is 2.23. The fourth-order valence-corrected chi connectivity index (χ4v) is 5.35. The van der Waals surface area contributed by atoms with E-state index >= 15 is 0 Å². The van der Waals surface area contributed by atoms with E-state index < -0.39 is 0 Å². The van der Waals surface area contributed by atoms with E-state index in [2.05, 4.69) is 5.32 Å². The van der Waals surface area contributed by atoms with Gasteiger partial charge < -0.3 is 10.1 Å². The minimum atomic E-state index is -0.362. The molecule has 1 atom stereocenters. The number of allylic oxidation sites excluding steroid dienone is 2. The van der Waals surface area contributed by atoms with Gasteiger partial charge in [-0.15, -0.1) is 5.10 Å². The van der Waals surface area contributed by atoms with Gasteiger partial charge in [0.25, 0.3) is 0 Å². The molecule has 1 aliphatic carbocycles. The number of rotatable bonds is 6. The molecule has 32 heavy (non-hydrogen) atoms. The zero-order valence-corrected chi connectivity index (χ0v) is 19.2. The normalized spacial score (nSPS) is 17.6. The molecule has 0 saturated heterocycles. The molecule has 0 spiro atoms. The molecule has 2 aromatic carbocycles. The van der Waals surface area contributed by atoms with Gasteiger partial charge >= 0.3 is 0 Å². The highest BCUT2D eigenvalue weighted by atomic mass is 35.5. The first kappa shape index (κ1) is 21.1. The van der Waals surface area contributed by atoms with Gasteiger partial charge in [0.1, 0.15) is 11.8 Å². The molecule has 164 valence electrons. The highest BCUT2D eigenvalue weighted by Gasteiger charge is 2.38. The average Bonchev–Trinajstić information content (AvgIpc) is 3.21. The smallest absolute Gasteiger partial charge is 0.227 e. The Kier molecular flexibility index (Phi) is 5.93. The highest BCUT2D eigenvalue weighted by molar-refractivity contribution is 7.98. The van der Waals surface area contributed by atoms with Crippen LogP contribution in [0.25, 0.3) is 0 Å². The number of thioether (sulfide) groups is 1. The van der Waals surface area contributed by atoms with Gasteiger partial charge in [-0.2, -0.15) is 4.98 Å². The Bertz CT molecular complexity index is 1210. The number of benzene rings is 2. The maximum atomic E-state index is 13.0. The zero-order valence-electron chi connectivity index (χ0n) is 17.7. The number of anilines is 1. The molecule has 0 radical (unpaired) electrons. The molecular weight excluding hydrogens is 444 g/mol. The van der Waals surface area contributed by atoms with E-state index in [9.17, 15) is 4.79 Å². The van der Waals surface area contributed by atoms with E-state index in [0.717, 1.165) is 46.0 Å². The summed E-state index contributed by atoms with van der Waals surface area (Å²) >= 11 is 7.84. The predicted octanol–water partition coefficient (Wildman–Crippen LogP) is 5.64. The molecule has 6 nitrogen and oxygen atoms in total. The van der Waals surface area contributed by atoms with Crippen molar-refractivity contribution in [3.63, 3.8) is 0 Å². The number of carbonyl (C=O) groups excluding carboxylic acids is 1. The number of nitrogens with one attached hydrogen (secondary N) is 1. The Morgan fingerprint density at radius 3 is 2.84 bits per heavy atom. The minimum absolute atomic E-state index is 0.154. The molecule has 5 rings (SSSR count). The van der Waals surface area contributed by atoms with Gasteiger partial charge in [-0.3, -0.25) is 4.79 Å². The van der Waals surface area contributed by atoms with Crippen LogP contribution >= 0.6 is 23.4 Å². The summed E-state index contributed by atoms with van der Waals surface area (Å²) in [6, 6.07) is 15.3. The Hall–Kier alpha value is -2.77. The minimum Gasteiger partial charge on any atom is -0.494 e. The Balaban J connectivity index is 1.54. The third kappa shape index (κ3) is 3.91. The second-order valence-corrected chi connectivity index (χ2v) is 9.06. The number of aromatic nitrogens is 3. The number of para-hydroxylation sites is 1. The molecule has 2 aliphatic rings. The lowest BCUT2D eigenvalue weighted by molar-refractivity contribution is -0.116. The number of Topliss-reactive ketones (excluding diaryl/α,β-unsaturated/α-hetero) is 1. The molecule has 0 bridgehead atoms. The molecule has 2 heterocycles. The van der Waals surface area contributed by atoms with Crippen LogP contribution in [0.1, 0.15) is 43.4 Å². The van der Waals surface area contributed by atoms with Crippen LogP contribution in [0.3, 0.4) is 0 Å². The molecule has 0 saturated carbocycles. The fourth-order valence-electron chi connectivity index (χ4n) is 4.24. The summed E-state index contributed by atoms with van der Waals surface area (Å²) in [5, 5.41) is 9.55. The molecule has 0 fully saturated rings. The summed E-state index contributed by atoms with van der Waals surface area (Å²) in [6.45, 7) is 2.50. The number of carbonyl (C=O) groups is 1. The van der Waals surface area contributed by atoms with Crippen molar-refractivity contribution in [3.05, 3.63) is 76.0 Å². The first-order valence-electron chi connectivity index (χ1n) is 10.7. The second kappa shape index (κ2) is 9.00. The molecule has 1 N–H and O–H groups in total. The summed E-state index contributed by atoms with van der Waals surface area (Å²) in [6.07, 6.45) is 2.21. The van der Waals surface area contributed by atoms with Crippen molar-refractivity contribution in [2.45, 2.75) is 43.1 Å². The van der Waals surface area contributed by atoms with Crippen molar-refractivity contribution in [3.8, 4) is 5.75 Å². The predicted molar refractivity (Wildman–Crippen MR) is 126 cm³/mol. The van der Waals surface area contributed by atoms with Crippen LogP contribution in [0.15, 0.2) is 65.0 Å². The molecule has 3 aromatic rings. The lowest BCUT2D eigenvalue weighted by atomic mass is 9.85. The first-order valence-corrected chi connectivity index (χ1v) is 12.1. The topological polar surface area (TPSA) is 69.0 Å². The van der Waals surface area contributed by atoms with Crippen molar-refractivity contribution in [1.29, 1.82) is 0 Å². The SMILES string of the molecule is CCOc1ccccc1[C@H]1C2=C(CCCC2=O)Nc2nc(SCc3ccccc3Cl)nn21. The second-order valence-electron chi connectivity index (χ2n) is 7.71. The number of fused-ring (bicyclic) bond motifs is 1. The average molecular weight is 467 g/mol. The van der Waals surface area contributed by atoms with E-state index in [4.69, 9.17) is 26.4 Å². The summed E-state index contributed by atoms with van der Waals surface area (Å²) in [5.41, 5.74) is 3.67. The van der Waals surface area contributed by atoms with Crippen LogP contribution in [0.5, 0.6) is 5.75 Å². The quantitative estimate of drug-likeness (QED) is 0.474. The third-order valence-electron chi connectivity index (χ3n) is 5.68. The van der Waals surface area contributed by atoms with Gasteiger partial charge in [0.15, 0.2) is 5.78 Å². The lowest BCUT2D eigenvalue weighted by Gasteiger charge is -2.32. The van der Waals surface area contributed by atoms with E-state index in [0.29, 0.717) is 29.9 Å². The maximum absolute atomic E-state index is 13.0. The maximum Gasteiger partial charge on any atom is 0.227 e. The van der Waals surface area contributed by atoms with Gasteiger partial charge in [0.2, 0.25) is 11.1 Å². The molecule has 8 heteroatoms. The molecular formula is C24H23ClN4O2S. The van der Waals surface area contributed by atoms with Crippen LogP contribution in [-0.2, 0) is 10.5 Å². The zero-order chi connectivity index (χ0) is 22.1. The highest BCUT2D eigenvalue weighted by Crippen LogP contribution is 2.43. The van der Waals surface area contributed by atoms with Crippen molar-refractivity contribution >= 4 is 35.1 Å². The number of ether oxygens (including phenoxy) is 1. The fraction of sp³-hybridized carbons (Fsp3) is 0.292. The monoisotopic (exact) mass is 466 g/mol. The van der Waals surface area contributed by atoms with Crippen LogP contribution in [0.2, 0.25) is 5.02 Å². The number of nitrogens with zero attached hydrogens (tertiary/aromatic N) is 3. The summed E-state index contributed by atoms with van der Waals surface area (Å²) in [4.78, 5) is 17.8. The largest absolute Gasteiger partial charge is 0.494 e. The molecule has 1 aromatic heterocycles. The van der Waals surface area contributed by atoms with E-state index in [1.165, 1.54) is 11.8 Å². The molecule has 0 amide bonds. The Labute approximate surface area is 196 Å². The van der Waals surface area contributed by atoms with Crippen LogP contribution < -0.4 is 10.1 Å². The van der Waals surface area contributed by atoms with E-state index in [1.54, 1.807) is 0 Å². The van der Waals surface area contributed by atoms with Crippen molar-refractivity contribution in [2.24, 2.45) is 0 Å². The number of halogens is 1. The van der Waals surface area contributed by atoms with Crippen LogP contribution in [0, 0.1) is 0 Å². The standard InChI is InChI=1S/C24H23ClN4O2S/c1-2-31-20-13-6-4-9-16(20)22-21-18(11-7-12-19(21)30)26-23-27-24(28-29(22)23)32-14-15-8-3-5-10-17(15)25/h3-6,8-10,13,22H,2,7,11-12,14H2,1H3,(H,26,27,28)/t22-/m0/s1. The van der Waals surface area contributed by atoms with Crippen molar-refractivity contribution in [2.75, 3.05) is 11.9 Å². The Morgan fingerprint density at radius 1 is 1.19 bits per heavy atom. The Morgan fingerprint density at radius 2 is 2.00 bits per heavy atom. The van der Waals surface area contributed by atoms with Gasteiger partial charge in [-0.25, -0.2) is 4.68 Å². The first-order chi connectivity index (χ1) is 15.7. The van der Waals surface area contributed by atoms with Crippen molar-refractivity contribution in [1.82, 2.24) is 14.8 Å². The van der Waals surface area contributed by atoms with Crippen molar-refractivity contribution < 1.29 is 9.53 Å². The molecule has 0 unspecified atom stereocenters. The van der Waals surface area contributed by atoms with Gasteiger partial charge in [-0.1, -0.05) is 59.8 Å². The summed E-state index contributed by atoms with van der Waals surface area (Å²) in [7, 11) is 0. The van der Waals surface area contributed by atoms with Gasteiger partial charge in [-0.05, 0) is 37.5 Å². The number of ketones is 1.